The number of aromatic nitrogens is 3. The Kier molecular flexibility index (Phi) is 4.92. The van der Waals surface area contributed by atoms with E-state index in [1.165, 1.54) is 0 Å². The summed E-state index contributed by atoms with van der Waals surface area (Å²) in [7, 11) is 1.65. The van der Waals surface area contributed by atoms with Crippen molar-refractivity contribution in [2.75, 3.05) is 23.1 Å². The van der Waals surface area contributed by atoms with Gasteiger partial charge in [-0.25, -0.2) is 4.98 Å². The predicted molar refractivity (Wildman–Crippen MR) is 100 cm³/mol. The van der Waals surface area contributed by atoms with Gasteiger partial charge in [-0.2, -0.15) is 4.98 Å². The molecule has 2 aromatic heterocycles. The molecular formula is C18H24N6O2. The number of aryl methyl sites for hydroxylation is 1. The van der Waals surface area contributed by atoms with Crippen molar-refractivity contribution < 1.29 is 9.53 Å². The van der Waals surface area contributed by atoms with Crippen molar-refractivity contribution in [1.29, 1.82) is 0 Å². The predicted octanol–water partition coefficient (Wildman–Crippen LogP) is 2.21. The highest BCUT2D eigenvalue weighted by molar-refractivity contribution is 6.02. The molecule has 1 atom stereocenters. The molecular weight excluding hydrogens is 332 g/mol. The maximum Gasteiger partial charge on any atom is 0.247 e. The molecule has 8 nitrogen and oxygen atoms in total. The molecule has 8 heteroatoms. The van der Waals surface area contributed by atoms with Crippen LogP contribution in [0.5, 0.6) is 5.75 Å². The van der Waals surface area contributed by atoms with Crippen molar-refractivity contribution in [2.45, 2.75) is 46.2 Å². The molecule has 0 saturated carbocycles. The number of nitrogens with one attached hydrogen (secondary N) is 1. The zero-order valence-corrected chi connectivity index (χ0v) is 15.5. The zero-order chi connectivity index (χ0) is 18.8. The third-order valence-electron chi connectivity index (χ3n) is 4.63. The monoisotopic (exact) mass is 356 g/mol. The van der Waals surface area contributed by atoms with Gasteiger partial charge in [0.25, 0.3) is 0 Å². The highest BCUT2D eigenvalue weighted by Gasteiger charge is 2.34. The number of nitrogen functional groups attached to an aromatic ring is 1. The van der Waals surface area contributed by atoms with Gasteiger partial charge in [-0.05, 0) is 20.3 Å². The second-order valence-electron chi connectivity index (χ2n) is 6.43. The molecule has 3 N–H and O–H groups in total. The normalized spacial score (nSPS) is 16.2. The summed E-state index contributed by atoms with van der Waals surface area (Å²) < 4.78 is 5.51. The minimum absolute atomic E-state index is 0.0653. The fourth-order valence-electron chi connectivity index (χ4n) is 3.34. The van der Waals surface area contributed by atoms with E-state index >= 15 is 0 Å². The van der Waals surface area contributed by atoms with Gasteiger partial charge in [-0.1, -0.05) is 13.3 Å². The summed E-state index contributed by atoms with van der Waals surface area (Å²) in [4.78, 5) is 27.5. The molecule has 1 unspecified atom stereocenters. The molecule has 0 saturated heterocycles. The lowest BCUT2D eigenvalue weighted by molar-refractivity contribution is -0.117. The first-order valence-corrected chi connectivity index (χ1v) is 8.65. The number of carbonyl (C=O) groups excluding carboxylic acids is 1. The van der Waals surface area contributed by atoms with Crippen LogP contribution in [0.4, 0.5) is 17.5 Å². The van der Waals surface area contributed by atoms with Gasteiger partial charge in [0.15, 0.2) is 5.82 Å². The van der Waals surface area contributed by atoms with Gasteiger partial charge in [0.1, 0.15) is 17.5 Å². The fourth-order valence-corrected chi connectivity index (χ4v) is 3.34. The summed E-state index contributed by atoms with van der Waals surface area (Å²) >= 11 is 0. The second kappa shape index (κ2) is 7.15. The first-order chi connectivity index (χ1) is 12.5. The van der Waals surface area contributed by atoms with Gasteiger partial charge >= 0.3 is 0 Å². The number of fused-ring (bicyclic) bond motifs is 1. The maximum absolute atomic E-state index is 12.6. The smallest absolute Gasteiger partial charge is 0.247 e. The van der Waals surface area contributed by atoms with Crippen molar-refractivity contribution in [3.8, 4) is 5.75 Å². The lowest BCUT2D eigenvalue weighted by Crippen LogP contribution is -2.48. The molecule has 3 heterocycles. The molecule has 0 bridgehead atoms. The average Bonchev–Trinajstić information content (AvgIpc) is 2.61. The van der Waals surface area contributed by atoms with Crippen molar-refractivity contribution in [1.82, 2.24) is 15.0 Å². The third kappa shape index (κ3) is 3.14. The van der Waals surface area contributed by atoms with E-state index in [0.717, 1.165) is 29.0 Å². The zero-order valence-electron chi connectivity index (χ0n) is 15.5. The number of hydrogen-bond acceptors (Lipinski definition) is 7. The number of methoxy groups -OCH3 is 1. The molecule has 138 valence electrons. The lowest BCUT2D eigenvalue weighted by atomic mass is 10.0. The van der Waals surface area contributed by atoms with Crippen LogP contribution in [0.15, 0.2) is 12.4 Å². The first kappa shape index (κ1) is 17.9. The molecule has 1 aliphatic rings. The Morgan fingerprint density at radius 2 is 2.08 bits per heavy atom. The highest BCUT2D eigenvalue weighted by atomic mass is 16.5. The molecule has 2 aromatic rings. The largest absolute Gasteiger partial charge is 0.496 e. The van der Waals surface area contributed by atoms with E-state index in [9.17, 15) is 4.79 Å². The SMILES string of the molecule is CCCC1C(=O)Nc2cnc(N)nc2N1Cc1ncc(C)c(OC)c1C. The molecule has 26 heavy (non-hydrogen) atoms. The number of pyridine rings is 1. The number of nitrogens with two attached hydrogens (primary N) is 1. The summed E-state index contributed by atoms with van der Waals surface area (Å²) in [5, 5.41) is 2.88. The number of nitrogens with zero attached hydrogens (tertiary/aromatic N) is 4. The van der Waals surface area contributed by atoms with Crippen LogP contribution in [0.2, 0.25) is 0 Å². The Bertz CT molecular complexity index is 839. The van der Waals surface area contributed by atoms with E-state index in [2.05, 4.69) is 20.3 Å². The highest BCUT2D eigenvalue weighted by Crippen LogP contribution is 2.34. The summed E-state index contributed by atoms with van der Waals surface area (Å²) in [5.74, 6) is 1.54. The first-order valence-electron chi connectivity index (χ1n) is 8.65. The molecule has 0 aromatic carbocycles. The lowest BCUT2D eigenvalue weighted by Gasteiger charge is -2.37. The number of carbonyl (C=O) groups is 1. The molecule has 0 fully saturated rings. The molecule has 0 radical (unpaired) electrons. The number of hydrogen-bond donors (Lipinski definition) is 2. The Morgan fingerprint density at radius 1 is 1.31 bits per heavy atom. The van der Waals surface area contributed by atoms with E-state index in [-0.39, 0.29) is 17.9 Å². The van der Waals surface area contributed by atoms with E-state index < -0.39 is 0 Å². The standard InChI is InChI=1S/C18H24N6O2/c1-5-6-14-17(25)22-12-8-21-18(19)23-16(12)24(14)9-13-11(3)15(26-4)10(2)7-20-13/h7-8,14H,5-6,9H2,1-4H3,(H,22,25)(H2,19,21,23). The topological polar surface area (TPSA) is 106 Å². The van der Waals surface area contributed by atoms with Crippen LogP contribution in [0, 0.1) is 13.8 Å². The minimum atomic E-state index is -0.338. The minimum Gasteiger partial charge on any atom is -0.496 e. The van der Waals surface area contributed by atoms with Crippen LogP contribution >= 0.6 is 0 Å². The molecule has 0 spiro atoms. The Hall–Kier alpha value is -2.90. The van der Waals surface area contributed by atoms with Crippen LogP contribution in [-0.4, -0.2) is 34.0 Å². The summed E-state index contributed by atoms with van der Waals surface area (Å²) in [5.41, 5.74) is 9.12. The van der Waals surface area contributed by atoms with Crippen molar-refractivity contribution >= 4 is 23.4 Å². The van der Waals surface area contributed by atoms with Crippen LogP contribution in [-0.2, 0) is 11.3 Å². The Morgan fingerprint density at radius 3 is 2.77 bits per heavy atom. The van der Waals surface area contributed by atoms with Gasteiger partial charge in [0.05, 0.1) is 25.5 Å². The van der Waals surface area contributed by atoms with Crippen molar-refractivity contribution in [3.05, 3.63) is 29.2 Å². The van der Waals surface area contributed by atoms with Gasteiger partial charge in [-0.3, -0.25) is 9.78 Å². The van der Waals surface area contributed by atoms with Crippen molar-refractivity contribution in [3.63, 3.8) is 0 Å². The maximum atomic E-state index is 12.6. The van der Waals surface area contributed by atoms with Gasteiger partial charge in [0.2, 0.25) is 11.9 Å². The van der Waals surface area contributed by atoms with Gasteiger partial charge in [0, 0.05) is 17.3 Å². The quantitative estimate of drug-likeness (QED) is 0.846. The average molecular weight is 356 g/mol. The summed E-state index contributed by atoms with van der Waals surface area (Å²) in [6.07, 6.45) is 4.90. The van der Waals surface area contributed by atoms with Gasteiger partial charge in [-0.15, -0.1) is 0 Å². The summed E-state index contributed by atoms with van der Waals surface area (Å²) in [6.45, 7) is 6.42. The van der Waals surface area contributed by atoms with Crippen molar-refractivity contribution in [2.24, 2.45) is 0 Å². The van der Waals surface area contributed by atoms with E-state index in [1.54, 1.807) is 19.5 Å². The summed E-state index contributed by atoms with van der Waals surface area (Å²) in [6, 6.07) is -0.338. The molecule has 0 aliphatic carbocycles. The Labute approximate surface area is 152 Å². The molecule has 1 aliphatic heterocycles. The van der Waals surface area contributed by atoms with E-state index in [4.69, 9.17) is 10.5 Å². The fraction of sp³-hybridized carbons (Fsp3) is 0.444. The number of amides is 1. The van der Waals surface area contributed by atoms with Crippen LogP contribution < -0.4 is 20.7 Å². The van der Waals surface area contributed by atoms with E-state index in [0.29, 0.717) is 24.5 Å². The molecule has 3 rings (SSSR count). The third-order valence-corrected chi connectivity index (χ3v) is 4.63. The van der Waals surface area contributed by atoms with Crippen LogP contribution in [0.1, 0.15) is 36.6 Å². The number of ether oxygens (including phenoxy) is 1. The van der Waals surface area contributed by atoms with Crippen LogP contribution in [0.25, 0.3) is 0 Å². The van der Waals surface area contributed by atoms with Gasteiger partial charge < -0.3 is 20.7 Å². The Balaban J connectivity index is 2.06. The molecule has 1 amide bonds. The second-order valence-corrected chi connectivity index (χ2v) is 6.43. The number of anilines is 3. The van der Waals surface area contributed by atoms with E-state index in [1.807, 2.05) is 25.7 Å². The van der Waals surface area contributed by atoms with Crippen LogP contribution in [0.3, 0.4) is 0 Å². The number of rotatable bonds is 5.